The Hall–Kier alpha value is -0.950. The van der Waals surface area contributed by atoms with Gasteiger partial charge >= 0.3 is 0 Å². The van der Waals surface area contributed by atoms with E-state index in [1.807, 2.05) is 25.9 Å². The Morgan fingerprint density at radius 2 is 1.95 bits per heavy atom. The monoisotopic (exact) mass is 300 g/mol. The van der Waals surface area contributed by atoms with Gasteiger partial charge in [-0.3, -0.25) is 0 Å². The summed E-state index contributed by atoms with van der Waals surface area (Å²) < 4.78 is 27.2. The molecule has 0 saturated heterocycles. The lowest BCUT2D eigenvalue weighted by Crippen LogP contribution is -2.34. The third-order valence-electron chi connectivity index (χ3n) is 3.02. The number of hydrogen-bond acceptors (Lipinski definition) is 4. The SMILES string of the molecule is CC(CCN(C)C)NS(=O)(=O)c1cccc(C(C)O)c1. The molecule has 20 heavy (non-hydrogen) atoms. The van der Waals surface area contributed by atoms with Crippen LogP contribution in [0.4, 0.5) is 0 Å². The highest BCUT2D eigenvalue weighted by molar-refractivity contribution is 7.89. The minimum absolute atomic E-state index is 0.141. The first-order valence-corrected chi connectivity index (χ1v) is 8.16. The van der Waals surface area contributed by atoms with E-state index in [2.05, 4.69) is 4.72 Å². The average molecular weight is 300 g/mol. The number of nitrogens with one attached hydrogen (secondary N) is 1. The second kappa shape index (κ2) is 7.17. The lowest BCUT2D eigenvalue weighted by Gasteiger charge is -2.17. The summed E-state index contributed by atoms with van der Waals surface area (Å²) in [5.41, 5.74) is 0.591. The van der Waals surface area contributed by atoms with Crippen molar-refractivity contribution < 1.29 is 13.5 Å². The highest BCUT2D eigenvalue weighted by Gasteiger charge is 2.18. The number of nitrogens with zero attached hydrogens (tertiary/aromatic N) is 1. The van der Waals surface area contributed by atoms with Crippen LogP contribution in [0.3, 0.4) is 0 Å². The molecule has 114 valence electrons. The minimum Gasteiger partial charge on any atom is -0.389 e. The molecule has 1 rings (SSSR count). The van der Waals surface area contributed by atoms with E-state index in [4.69, 9.17) is 0 Å². The zero-order chi connectivity index (χ0) is 15.3. The highest BCUT2D eigenvalue weighted by Crippen LogP contribution is 2.17. The summed E-state index contributed by atoms with van der Waals surface area (Å²) >= 11 is 0. The van der Waals surface area contributed by atoms with E-state index in [1.54, 1.807) is 19.1 Å². The second-order valence-corrected chi connectivity index (χ2v) is 7.08. The van der Waals surface area contributed by atoms with Crippen LogP contribution in [0.2, 0.25) is 0 Å². The maximum absolute atomic E-state index is 12.3. The zero-order valence-electron chi connectivity index (χ0n) is 12.5. The van der Waals surface area contributed by atoms with Crippen LogP contribution < -0.4 is 4.72 Å². The minimum atomic E-state index is -3.54. The van der Waals surface area contributed by atoms with Gasteiger partial charge in [0.05, 0.1) is 11.0 Å². The Labute approximate surface area is 121 Å². The van der Waals surface area contributed by atoms with Gasteiger partial charge in [0, 0.05) is 6.04 Å². The van der Waals surface area contributed by atoms with Gasteiger partial charge in [-0.2, -0.15) is 0 Å². The summed E-state index contributed by atoms with van der Waals surface area (Å²) in [5, 5.41) is 9.52. The van der Waals surface area contributed by atoms with Gasteiger partial charge in [0.1, 0.15) is 0 Å². The van der Waals surface area contributed by atoms with Gasteiger partial charge in [-0.1, -0.05) is 12.1 Å². The van der Waals surface area contributed by atoms with Crippen LogP contribution in [0.5, 0.6) is 0 Å². The van der Waals surface area contributed by atoms with Crippen molar-refractivity contribution >= 4 is 10.0 Å². The molecule has 1 aromatic carbocycles. The highest BCUT2D eigenvalue weighted by atomic mass is 32.2. The van der Waals surface area contributed by atoms with Crippen molar-refractivity contribution in [2.75, 3.05) is 20.6 Å². The van der Waals surface area contributed by atoms with Crippen LogP contribution in [0, 0.1) is 0 Å². The molecule has 2 N–H and O–H groups in total. The van der Waals surface area contributed by atoms with Gasteiger partial charge in [0.25, 0.3) is 0 Å². The number of aliphatic hydroxyl groups excluding tert-OH is 1. The Balaban J connectivity index is 2.80. The molecule has 0 radical (unpaired) electrons. The first kappa shape index (κ1) is 17.1. The molecule has 6 heteroatoms. The van der Waals surface area contributed by atoms with Crippen molar-refractivity contribution in [3.8, 4) is 0 Å². The van der Waals surface area contributed by atoms with E-state index in [1.165, 1.54) is 12.1 Å². The van der Waals surface area contributed by atoms with Gasteiger partial charge < -0.3 is 10.0 Å². The van der Waals surface area contributed by atoms with E-state index in [9.17, 15) is 13.5 Å². The third kappa shape index (κ3) is 5.20. The Kier molecular flexibility index (Phi) is 6.13. The van der Waals surface area contributed by atoms with E-state index in [0.717, 1.165) is 13.0 Å². The summed E-state index contributed by atoms with van der Waals surface area (Å²) in [5.74, 6) is 0. The van der Waals surface area contributed by atoms with Crippen molar-refractivity contribution in [3.63, 3.8) is 0 Å². The smallest absolute Gasteiger partial charge is 0.240 e. The number of rotatable bonds is 7. The topological polar surface area (TPSA) is 69.6 Å². The van der Waals surface area contributed by atoms with Gasteiger partial charge in [-0.25, -0.2) is 13.1 Å². The summed E-state index contributed by atoms with van der Waals surface area (Å²) in [6.45, 7) is 4.27. The quantitative estimate of drug-likeness (QED) is 0.798. The predicted octanol–water partition coefficient (Wildman–Crippen LogP) is 1.36. The standard InChI is InChI=1S/C14H24N2O3S/c1-11(8-9-16(3)4)15-20(18,19)14-7-5-6-13(10-14)12(2)17/h5-7,10-12,15,17H,8-9H2,1-4H3. The van der Waals surface area contributed by atoms with Gasteiger partial charge in [0.15, 0.2) is 0 Å². The maximum Gasteiger partial charge on any atom is 0.240 e. The fourth-order valence-corrected chi connectivity index (χ4v) is 3.12. The molecule has 5 nitrogen and oxygen atoms in total. The molecule has 1 aromatic rings. The molecule has 0 amide bonds. The van der Waals surface area contributed by atoms with Crippen LogP contribution in [0.15, 0.2) is 29.2 Å². The number of aliphatic hydroxyl groups is 1. The molecular formula is C14H24N2O3S. The second-order valence-electron chi connectivity index (χ2n) is 5.36. The van der Waals surface area contributed by atoms with Gasteiger partial charge in [-0.15, -0.1) is 0 Å². The molecule has 2 unspecified atom stereocenters. The van der Waals surface area contributed by atoms with E-state index in [-0.39, 0.29) is 10.9 Å². The van der Waals surface area contributed by atoms with Crippen molar-refractivity contribution in [1.82, 2.24) is 9.62 Å². The maximum atomic E-state index is 12.3. The summed E-state index contributed by atoms with van der Waals surface area (Å²) in [7, 11) is 0.360. The average Bonchev–Trinajstić information content (AvgIpc) is 2.36. The van der Waals surface area contributed by atoms with Crippen LogP contribution >= 0.6 is 0 Å². The molecule has 0 spiro atoms. The third-order valence-corrected chi connectivity index (χ3v) is 4.60. The molecular weight excluding hydrogens is 276 g/mol. The van der Waals surface area contributed by atoms with Crippen molar-refractivity contribution in [3.05, 3.63) is 29.8 Å². The van der Waals surface area contributed by atoms with E-state index >= 15 is 0 Å². The number of benzene rings is 1. The van der Waals surface area contributed by atoms with Crippen molar-refractivity contribution in [1.29, 1.82) is 0 Å². The first-order valence-electron chi connectivity index (χ1n) is 6.67. The Bertz CT molecular complexity index is 527. The molecule has 0 bridgehead atoms. The van der Waals surface area contributed by atoms with Crippen molar-refractivity contribution in [2.24, 2.45) is 0 Å². The van der Waals surface area contributed by atoms with Crippen LogP contribution in [0.25, 0.3) is 0 Å². The molecule has 2 atom stereocenters. The van der Waals surface area contributed by atoms with E-state index in [0.29, 0.717) is 5.56 Å². The summed E-state index contributed by atoms with van der Waals surface area (Å²) in [6, 6.07) is 6.25. The molecule has 0 aliphatic rings. The molecule has 0 heterocycles. The van der Waals surface area contributed by atoms with Gasteiger partial charge in [-0.05, 0) is 58.6 Å². The summed E-state index contributed by atoms with van der Waals surface area (Å²) in [6.07, 6.45) is 0.0544. The largest absolute Gasteiger partial charge is 0.389 e. The zero-order valence-corrected chi connectivity index (χ0v) is 13.3. The molecule has 0 aliphatic carbocycles. The Morgan fingerprint density at radius 1 is 1.30 bits per heavy atom. The fraction of sp³-hybridized carbons (Fsp3) is 0.571. The number of sulfonamides is 1. The molecule has 0 aliphatic heterocycles. The van der Waals surface area contributed by atoms with Crippen LogP contribution in [-0.2, 0) is 10.0 Å². The Morgan fingerprint density at radius 3 is 2.50 bits per heavy atom. The van der Waals surface area contributed by atoms with Crippen LogP contribution in [0.1, 0.15) is 31.9 Å². The lowest BCUT2D eigenvalue weighted by atomic mass is 10.1. The number of hydrogen-bond donors (Lipinski definition) is 2. The van der Waals surface area contributed by atoms with Gasteiger partial charge in [0.2, 0.25) is 10.0 Å². The van der Waals surface area contributed by atoms with Crippen LogP contribution in [-0.4, -0.2) is 45.1 Å². The lowest BCUT2D eigenvalue weighted by molar-refractivity contribution is 0.199. The fourth-order valence-electron chi connectivity index (χ4n) is 1.79. The normalized spacial score (nSPS) is 15.3. The molecule has 0 saturated carbocycles. The first-order chi connectivity index (χ1) is 9.22. The molecule has 0 aromatic heterocycles. The van der Waals surface area contributed by atoms with Crippen molar-refractivity contribution in [2.45, 2.75) is 37.3 Å². The summed E-state index contributed by atoms with van der Waals surface area (Å²) in [4.78, 5) is 2.20. The predicted molar refractivity (Wildman–Crippen MR) is 80.0 cm³/mol. The molecule has 0 fully saturated rings. The van der Waals surface area contributed by atoms with E-state index < -0.39 is 16.1 Å².